The van der Waals surface area contributed by atoms with Gasteiger partial charge in [-0.25, -0.2) is 4.79 Å². The lowest BCUT2D eigenvalue weighted by molar-refractivity contribution is -0.141. The minimum Gasteiger partial charge on any atom is -0.480 e. The average molecular weight is 513 g/mol. The molecule has 11 heteroatoms. The van der Waals surface area contributed by atoms with E-state index in [4.69, 9.17) is 0 Å². The molecule has 0 aliphatic heterocycles. The Balaban J connectivity index is 2.49. The molecule has 4 amide bonds. The highest BCUT2D eigenvalue weighted by Crippen LogP contribution is 2.08. The molecule has 0 aliphatic rings. The van der Waals surface area contributed by atoms with E-state index < -0.39 is 48.9 Å². The van der Waals surface area contributed by atoms with E-state index in [1.165, 1.54) is 0 Å². The van der Waals surface area contributed by atoms with E-state index in [2.05, 4.69) is 37.2 Å². The number of aliphatic carboxylic acids is 1. The number of hydrogen-bond donors (Lipinski definition) is 5. The third kappa shape index (κ3) is 9.90. The predicted octanol–water partition coefficient (Wildman–Crippen LogP) is -0.0433. The summed E-state index contributed by atoms with van der Waals surface area (Å²) in [6, 6.07) is 6.89. The highest BCUT2D eigenvalue weighted by Gasteiger charge is 2.26. The number of nitrogens with one attached hydrogen (secondary N) is 4. The molecule has 0 heterocycles. The van der Waals surface area contributed by atoms with Gasteiger partial charge in [-0.1, -0.05) is 66.5 Å². The average Bonchev–Trinajstić information content (AvgIpc) is 2.78. The van der Waals surface area contributed by atoms with Crippen molar-refractivity contribution in [3.05, 3.63) is 35.9 Å². The van der Waals surface area contributed by atoms with E-state index in [1.54, 1.807) is 37.3 Å². The van der Waals surface area contributed by atoms with E-state index >= 15 is 0 Å². The Morgan fingerprint density at radius 3 is 2.12 bits per heavy atom. The summed E-state index contributed by atoms with van der Waals surface area (Å²) in [7, 11) is 0. The fourth-order valence-electron chi connectivity index (χ4n) is 2.73. The standard InChI is InChI=1S/C21H29BrN4O6/c1-3-13(2)19(26-16(27)10-22)20(30)24-11-17(28)23-12-18(29)25-15(21(31)32)9-14-7-5-4-6-8-14/h4-8,13,15,19H,3,9-12H2,1-2H3,(H,23,28)(H,24,30)(H,25,29)(H,26,27)(H,31,32)/t13-,15-,19-/m0/s1. The molecule has 0 saturated carbocycles. The summed E-state index contributed by atoms with van der Waals surface area (Å²) < 4.78 is 0. The van der Waals surface area contributed by atoms with E-state index in [9.17, 15) is 29.1 Å². The quantitative estimate of drug-likeness (QED) is 0.233. The predicted molar refractivity (Wildman–Crippen MR) is 121 cm³/mol. The molecule has 5 N–H and O–H groups in total. The lowest BCUT2D eigenvalue weighted by Gasteiger charge is -2.23. The normalized spacial score (nSPS) is 13.2. The van der Waals surface area contributed by atoms with Crippen LogP contribution in [0.5, 0.6) is 0 Å². The zero-order valence-corrected chi connectivity index (χ0v) is 19.6. The van der Waals surface area contributed by atoms with E-state index in [0.29, 0.717) is 6.42 Å². The fraction of sp³-hybridized carbons (Fsp3) is 0.476. The van der Waals surface area contributed by atoms with Crippen LogP contribution in [0.1, 0.15) is 25.8 Å². The van der Waals surface area contributed by atoms with Gasteiger partial charge in [-0.15, -0.1) is 0 Å². The summed E-state index contributed by atoms with van der Waals surface area (Å²) in [6.07, 6.45) is 0.740. The van der Waals surface area contributed by atoms with Crippen LogP contribution >= 0.6 is 15.9 Å². The van der Waals surface area contributed by atoms with Crippen molar-refractivity contribution in [2.24, 2.45) is 5.92 Å². The van der Waals surface area contributed by atoms with E-state index in [1.807, 2.05) is 6.92 Å². The molecule has 10 nitrogen and oxygen atoms in total. The molecule has 3 atom stereocenters. The van der Waals surface area contributed by atoms with Gasteiger partial charge in [0.2, 0.25) is 23.6 Å². The molecular weight excluding hydrogens is 484 g/mol. The molecule has 176 valence electrons. The van der Waals surface area contributed by atoms with Gasteiger partial charge in [0, 0.05) is 6.42 Å². The number of carbonyl (C=O) groups excluding carboxylic acids is 4. The van der Waals surface area contributed by atoms with Gasteiger partial charge < -0.3 is 26.4 Å². The molecule has 0 aromatic heterocycles. The summed E-state index contributed by atoms with van der Waals surface area (Å²) in [5, 5.41) is 19.1. The van der Waals surface area contributed by atoms with Crippen molar-refractivity contribution >= 4 is 45.5 Å². The van der Waals surface area contributed by atoms with Crippen LogP contribution in [0.25, 0.3) is 0 Å². The van der Waals surface area contributed by atoms with Gasteiger partial charge in [-0.3, -0.25) is 19.2 Å². The highest BCUT2D eigenvalue weighted by molar-refractivity contribution is 9.09. The van der Waals surface area contributed by atoms with Gasteiger partial charge in [-0.05, 0) is 11.5 Å². The molecule has 0 bridgehead atoms. The van der Waals surface area contributed by atoms with Crippen molar-refractivity contribution < 1.29 is 29.1 Å². The number of hydrogen-bond acceptors (Lipinski definition) is 5. The lowest BCUT2D eigenvalue weighted by Crippen LogP contribution is -2.52. The zero-order chi connectivity index (χ0) is 24.1. The second-order valence-corrected chi connectivity index (χ2v) is 7.77. The van der Waals surface area contributed by atoms with Crippen LogP contribution in [0, 0.1) is 5.92 Å². The van der Waals surface area contributed by atoms with Gasteiger partial charge in [0.15, 0.2) is 0 Å². The first-order valence-corrected chi connectivity index (χ1v) is 11.3. The van der Waals surface area contributed by atoms with Gasteiger partial charge in [0.1, 0.15) is 12.1 Å². The minimum absolute atomic E-state index is 0.0461. The third-order valence-corrected chi connectivity index (χ3v) is 5.23. The number of halogens is 1. The Bertz CT molecular complexity index is 805. The Labute approximate surface area is 195 Å². The Morgan fingerprint density at radius 1 is 0.938 bits per heavy atom. The topological polar surface area (TPSA) is 154 Å². The maximum Gasteiger partial charge on any atom is 0.326 e. The Hall–Kier alpha value is -2.95. The number of alkyl halides is 1. The van der Waals surface area contributed by atoms with Crippen LogP contribution < -0.4 is 21.3 Å². The smallest absolute Gasteiger partial charge is 0.326 e. The van der Waals surface area contributed by atoms with Crippen LogP contribution in [0.4, 0.5) is 0 Å². The molecule has 0 aliphatic carbocycles. The summed E-state index contributed by atoms with van der Waals surface area (Å²) in [4.78, 5) is 59.4. The number of carboxylic acids is 1. The first kappa shape index (κ1) is 27.1. The number of amides is 4. The van der Waals surface area contributed by atoms with Crippen LogP contribution in [-0.2, 0) is 30.4 Å². The minimum atomic E-state index is -1.19. The first-order chi connectivity index (χ1) is 15.2. The highest BCUT2D eigenvalue weighted by atomic mass is 79.9. The number of benzene rings is 1. The first-order valence-electron chi connectivity index (χ1n) is 10.1. The Morgan fingerprint density at radius 2 is 1.56 bits per heavy atom. The van der Waals surface area contributed by atoms with Crippen molar-refractivity contribution in [2.45, 2.75) is 38.8 Å². The fourth-order valence-corrected chi connectivity index (χ4v) is 2.89. The number of carbonyl (C=O) groups is 5. The molecular formula is C21H29BrN4O6. The SMILES string of the molecule is CC[C@H](C)[C@H](NC(=O)CBr)C(=O)NCC(=O)NCC(=O)N[C@@H](Cc1ccccc1)C(=O)O. The summed E-state index contributed by atoms with van der Waals surface area (Å²) >= 11 is 3.02. The van der Waals surface area contributed by atoms with Gasteiger partial charge in [-0.2, -0.15) is 0 Å². The van der Waals surface area contributed by atoms with Crippen molar-refractivity contribution in [3.63, 3.8) is 0 Å². The van der Waals surface area contributed by atoms with Gasteiger partial charge in [0.25, 0.3) is 0 Å². The van der Waals surface area contributed by atoms with Crippen molar-refractivity contribution in [2.75, 3.05) is 18.4 Å². The van der Waals surface area contributed by atoms with Crippen molar-refractivity contribution in [3.8, 4) is 0 Å². The molecule has 0 fully saturated rings. The summed E-state index contributed by atoms with van der Waals surface area (Å²) in [5.74, 6) is -3.50. The number of carboxylic acid groups (broad SMARTS) is 1. The number of rotatable bonds is 13. The Kier molecular flexibility index (Phi) is 12.0. The molecule has 0 radical (unpaired) electrons. The molecule has 0 unspecified atom stereocenters. The maximum absolute atomic E-state index is 12.4. The molecule has 0 spiro atoms. The van der Waals surface area contributed by atoms with Crippen molar-refractivity contribution in [1.29, 1.82) is 0 Å². The van der Waals surface area contributed by atoms with Crippen molar-refractivity contribution in [1.82, 2.24) is 21.3 Å². The maximum atomic E-state index is 12.4. The summed E-state index contributed by atoms with van der Waals surface area (Å²) in [5.41, 5.74) is 0.745. The molecule has 1 rings (SSSR count). The molecule has 1 aromatic carbocycles. The lowest BCUT2D eigenvalue weighted by atomic mass is 9.98. The third-order valence-electron chi connectivity index (χ3n) is 4.72. The van der Waals surface area contributed by atoms with Gasteiger partial charge >= 0.3 is 5.97 Å². The molecule has 32 heavy (non-hydrogen) atoms. The van der Waals surface area contributed by atoms with Crippen LogP contribution in [0.3, 0.4) is 0 Å². The molecule has 1 aromatic rings. The summed E-state index contributed by atoms with van der Waals surface area (Å²) in [6.45, 7) is 2.84. The van der Waals surface area contributed by atoms with E-state index in [0.717, 1.165) is 5.56 Å². The molecule has 0 saturated heterocycles. The second kappa shape index (κ2) is 14.2. The largest absolute Gasteiger partial charge is 0.480 e. The van der Waals surface area contributed by atoms with E-state index in [-0.39, 0.29) is 23.6 Å². The van der Waals surface area contributed by atoms with Crippen LogP contribution in [0.15, 0.2) is 30.3 Å². The van der Waals surface area contributed by atoms with Crippen LogP contribution in [0.2, 0.25) is 0 Å². The van der Waals surface area contributed by atoms with Crippen LogP contribution in [-0.4, -0.2) is 65.2 Å². The zero-order valence-electron chi connectivity index (χ0n) is 18.0. The second-order valence-electron chi connectivity index (χ2n) is 7.21. The monoisotopic (exact) mass is 512 g/mol. The van der Waals surface area contributed by atoms with Gasteiger partial charge in [0.05, 0.1) is 18.4 Å².